The summed E-state index contributed by atoms with van der Waals surface area (Å²) in [6.07, 6.45) is 0.818. The van der Waals surface area contributed by atoms with Crippen LogP contribution in [0.3, 0.4) is 0 Å². The van der Waals surface area contributed by atoms with Crippen LogP contribution in [0, 0.1) is 11.8 Å². The summed E-state index contributed by atoms with van der Waals surface area (Å²) in [5, 5.41) is 10.3. The fourth-order valence-electron chi connectivity index (χ4n) is 2.36. The number of halogens is 1. The van der Waals surface area contributed by atoms with E-state index in [9.17, 15) is 9.90 Å². The predicted octanol–water partition coefficient (Wildman–Crippen LogP) is 4.50. The summed E-state index contributed by atoms with van der Waals surface area (Å²) < 4.78 is 5.58. The van der Waals surface area contributed by atoms with Gasteiger partial charge in [0, 0.05) is 17.6 Å². The first-order valence-corrected chi connectivity index (χ1v) is 8.98. The first-order valence-electron chi connectivity index (χ1n) is 8.60. The third kappa shape index (κ3) is 5.66. The molecule has 0 bridgehead atoms. The van der Waals surface area contributed by atoms with E-state index < -0.39 is 5.60 Å². The molecule has 1 amide bonds. The van der Waals surface area contributed by atoms with Crippen molar-refractivity contribution < 1.29 is 14.3 Å². The molecule has 0 spiro atoms. The second-order valence-electron chi connectivity index (χ2n) is 6.79. The van der Waals surface area contributed by atoms with Crippen molar-refractivity contribution in [3.05, 3.63) is 58.5 Å². The second kappa shape index (κ2) is 8.44. The van der Waals surface area contributed by atoms with Crippen molar-refractivity contribution in [2.24, 2.45) is 0 Å². The van der Waals surface area contributed by atoms with Crippen LogP contribution in [0.5, 0.6) is 0 Å². The summed E-state index contributed by atoms with van der Waals surface area (Å²) in [4.78, 5) is 14.7. The molecule has 2 aromatic rings. The first kappa shape index (κ1) is 20.1. The van der Waals surface area contributed by atoms with E-state index in [4.69, 9.17) is 16.0 Å². The van der Waals surface area contributed by atoms with Crippen molar-refractivity contribution >= 4 is 17.5 Å². The summed E-state index contributed by atoms with van der Waals surface area (Å²) in [6, 6.07) is 10.8. The lowest BCUT2D eigenvalue weighted by Crippen LogP contribution is -2.37. The molecule has 0 saturated carbocycles. The van der Waals surface area contributed by atoms with Gasteiger partial charge >= 0.3 is 0 Å². The van der Waals surface area contributed by atoms with Gasteiger partial charge in [-0.15, -0.1) is 0 Å². The van der Waals surface area contributed by atoms with Crippen LogP contribution in [-0.4, -0.2) is 27.6 Å². The van der Waals surface area contributed by atoms with Crippen LogP contribution in [0.25, 0.3) is 0 Å². The molecule has 1 N–H and O–H groups in total. The molecule has 2 rings (SSSR count). The van der Waals surface area contributed by atoms with Crippen molar-refractivity contribution in [1.29, 1.82) is 0 Å². The molecule has 0 fully saturated rings. The smallest absolute Gasteiger partial charge is 0.290 e. The molecule has 0 aliphatic heterocycles. The van der Waals surface area contributed by atoms with Crippen LogP contribution < -0.4 is 0 Å². The lowest BCUT2D eigenvalue weighted by atomic mass is 10.1. The van der Waals surface area contributed by atoms with E-state index in [1.54, 1.807) is 36.9 Å². The number of hydrogen-bond acceptors (Lipinski definition) is 3. The van der Waals surface area contributed by atoms with Gasteiger partial charge in [-0.3, -0.25) is 4.79 Å². The van der Waals surface area contributed by atoms with Gasteiger partial charge < -0.3 is 14.4 Å². The van der Waals surface area contributed by atoms with E-state index >= 15 is 0 Å². The molecule has 1 atom stereocenters. The van der Waals surface area contributed by atoms with Gasteiger partial charge in [0.25, 0.3) is 5.91 Å². The summed E-state index contributed by atoms with van der Waals surface area (Å²) in [7, 11) is 0. The summed E-state index contributed by atoms with van der Waals surface area (Å²) in [5.74, 6) is 5.80. The molecule has 1 aromatic carbocycles. The molecule has 5 heteroatoms. The molecule has 26 heavy (non-hydrogen) atoms. The molecule has 1 heterocycles. The van der Waals surface area contributed by atoms with Crippen LogP contribution in [0.1, 0.15) is 56.0 Å². The zero-order valence-corrected chi connectivity index (χ0v) is 16.3. The average molecular weight is 374 g/mol. The number of furan rings is 1. The zero-order valence-electron chi connectivity index (χ0n) is 15.5. The number of benzene rings is 1. The Balaban J connectivity index is 2.24. The quantitative estimate of drug-likeness (QED) is 0.785. The number of carbonyl (C=O) groups is 1. The third-order valence-electron chi connectivity index (χ3n) is 3.93. The molecule has 0 aliphatic rings. The Bertz CT molecular complexity index is 824. The summed E-state index contributed by atoms with van der Waals surface area (Å²) >= 11 is 6.06. The Morgan fingerprint density at radius 1 is 1.35 bits per heavy atom. The van der Waals surface area contributed by atoms with E-state index in [-0.39, 0.29) is 17.7 Å². The number of carbonyl (C=O) groups excluding carboxylic acids is 1. The molecule has 1 unspecified atom stereocenters. The Hall–Kier alpha value is -2.22. The van der Waals surface area contributed by atoms with E-state index in [2.05, 4.69) is 11.8 Å². The van der Waals surface area contributed by atoms with Gasteiger partial charge in [-0.25, -0.2) is 0 Å². The Morgan fingerprint density at radius 3 is 2.69 bits per heavy atom. The van der Waals surface area contributed by atoms with Crippen molar-refractivity contribution in [1.82, 2.24) is 4.90 Å². The monoisotopic (exact) mass is 373 g/mol. The van der Waals surface area contributed by atoms with E-state index in [0.717, 1.165) is 12.0 Å². The van der Waals surface area contributed by atoms with Crippen molar-refractivity contribution in [3.8, 4) is 11.8 Å². The standard InChI is InChI=1S/C21H24ClNO3/c1-5-15(2)23(14-16-7-6-8-17(22)13-16)20(24)19-10-9-18(26-19)11-12-21(3,4)25/h6-10,13,15,25H,5,14H2,1-4H3. The fraction of sp³-hybridized carbons (Fsp3) is 0.381. The van der Waals surface area contributed by atoms with Gasteiger partial charge in [0.1, 0.15) is 5.60 Å². The predicted molar refractivity (Wildman–Crippen MR) is 103 cm³/mol. The van der Waals surface area contributed by atoms with E-state index in [0.29, 0.717) is 17.3 Å². The first-order chi connectivity index (χ1) is 12.2. The van der Waals surface area contributed by atoms with Crippen LogP contribution >= 0.6 is 11.6 Å². The lowest BCUT2D eigenvalue weighted by Gasteiger charge is -2.28. The maximum atomic E-state index is 13.0. The van der Waals surface area contributed by atoms with E-state index in [1.165, 1.54) is 0 Å². The number of nitrogens with zero attached hydrogens (tertiary/aromatic N) is 1. The summed E-state index contributed by atoms with van der Waals surface area (Å²) in [5.41, 5.74) is -0.161. The van der Waals surface area contributed by atoms with Crippen molar-refractivity contribution in [3.63, 3.8) is 0 Å². The minimum Gasteiger partial charge on any atom is -0.443 e. The van der Waals surface area contributed by atoms with Gasteiger partial charge in [0.05, 0.1) is 0 Å². The lowest BCUT2D eigenvalue weighted by molar-refractivity contribution is 0.0638. The number of hydrogen-bond donors (Lipinski definition) is 1. The average Bonchev–Trinajstić information content (AvgIpc) is 3.05. The fourth-order valence-corrected chi connectivity index (χ4v) is 2.57. The molecule has 0 saturated heterocycles. The van der Waals surface area contributed by atoms with Gasteiger partial charge in [-0.05, 0) is 62.9 Å². The van der Waals surface area contributed by atoms with Crippen LogP contribution in [0.4, 0.5) is 0 Å². The van der Waals surface area contributed by atoms with Crippen molar-refractivity contribution in [2.75, 3.05) is 0 Å². The highest BCUT2D eigenvalue weighted by Gasteiger charge is 2.23. The summed E-state index contributed by atoms with van der Waals surface area (Å²) in [6.45, 7) is 7.65. The van der Waals surface area contributed by atoms with Gasteiger partial charge in [-0.1, -0.05) is 36.6 Å². The van der Waals surface area contributed by atoms with Gasteiger partial charge in [0.2, 0.25) is 0 Å². The van der Waals surface area contributed by atoms with Crippen LogP contribution in [0.15, 0.2) is 40.8 Å². The SMILES string of the molecule is CCC(C)N(Cc1cccc(Cl)c1)C(=O)c1ccc(C#CC(C)(C)O)o1. The van der Waals surface area contributed by atoms with Crippen molar-refractivity contribution in [2.45, 2.75) is 52.3 Å². The molecular formula is C21H24ClNO3. The zero-order chi connectivity index (χ0) is 19.3. The number of aliphatic hydroxyl groups is 1. The molecule has 1 aromatic heterocycles. The topological polar surface area (TPSA) is 53.7 Å². The Labute approximate surface area is 159 Å². The minimum atomic E-state index is -1.12. The maximum Gasteiger partial charge on any atom is 0.290 e. The molecule has 138 valence electrons. The normalized spacial score (nSPS) is 12.2. The van der Waals surface area contributed by atoms with Crippen LogP contribution in [0.2, 0.25) is 5.02 Å². The highest BCUT2D eigenvalue weighted by Crippen LogP contribution is 2.19. The Morgan fingerprint density at radius 2 is 2.08 bits per heavy atom. The van der Waals surface area contributed by atoms with Gasteiger partial charge in [-0.2, -0.15) is 0 Å². The maximum absolute atomic E-state index is 13.0. The molecular weight excluding hydrogens is 350 g/mol. The molecule has 0 radical (unpaired) electrons. The Kier molecular flexibility index (Phi) is 6.52. The second-order valence-corrected chi connectivity index (χ2v) is 7.23. The molecule has 0 aliphatic carbocycles. The largest absolute Gasteiger partial charge is 0.443 e. The molecule has 4 nitrogen and oxygen atoms in total. The van der Waals surface area contributed by atoms with E-state index in [1.807, 2.05) is 32.0 Å². The van der Waals surface area contributed by atoms with Crippen LogP contribution in [-0.2, 0) is 6.54 Å². The minimum absolute atomic E-state index is 0.0393. The van der Waals surface area contributed by atoms with Gasteiger partial charge in [0.15, 0.2) is 11.5 Å². The number of amides is 1. The number of rotatable bonds is 5. The highest BCUT2D eigenvalue weighted by atomic mass is 35.5. The third-order valence-corrected chi connectivity index (χ3v) is 4.17. The highest BCUT2D eigenvalue weighted by molar-refractivity contribution is 6.30.